The lowest BCUT2D eigenvalue weighted by Crippen LogP contribution is -2.20. The Morgan fingerprint density at radius 1 is 1.18 bits per heavy atom. The van der Waals surface area contributed by atoms with Crippen molar-refractivity contribution >= 4 is 5.97 Å². The van der Waals surface area contributed by atoms with Gasteiger partial charge in [-0.2, -0.15) is 0 Å². The van der Waals surface area contributed by atoms with E-state index in [2.05, 4.69) is 12.1 Å². The molecule has 1 aliphatic carbocycles. The van der Waals surface area contributed by atoms with Gasteiger partial charge in [-0.3, -0.25) is 4.79 Å². The molecule has 0 aromatic heterocycles. The Balaban J connectivity index is 1.97. The molecule has 92 valence electrons. The number of carboxylic acids is 1. The van der Waals surface area contributed by atoms with Crippen LogP contribution in [-0.4, -0.2) is 18.2 Å². The molecule has 1 aromatic carbocycles. The van der Waals surface area contributed by atoms with Crippen molar-refractivity contribution in [2.45, 2.75) is 31.6 Å². The molecule has 3 nitrogen and oxygen atoms in total. The number of carboxylic acid groups (broad SMARTS) is 1. The smallest absolute Gasteiger partial charge is 0.306 e. The predicted molar refractivity (Wildman–Crippen MR) is 65.3 cm³/mol. The van der Waals surface area contributed by atoms with Crippen molar-refractivity contribution in [3.05, 3.63) is 29.8 Å². The Labute approximate surface area is 101 Å². The van der Waals surface area contributed by atoms with Crippen molar-refractivity contribution in [2.75, 3.05) is 7.11 Å². The van der Waals surface area contributed by atoms with Gasteiger partial charge in [0.25, 0.3) is 0 Å². The summed E-state index contributed by atoms with van der Waals surface area (Å²) in [6, 6.07) is 8.12. The van der Waals surface area contributed by atoms with Gasteiger partial charge in [-0.25, -0.2) is 0 Å². The number of carbonyl (C=O) groups is 1. The average Bonchev–Trinajstić information content (AvgIpc) is 2.39. The van der Waals surface area contributed by atoms with E-state index >= 15 is 0 Å². The number of aliphatic carboxylic acids is 1. The first-order chi connectivity index (χ1) is 8.20. The zero-order valence-corrected chi connectivity index (χ0v) is 10.1. The molecule has 0 aliphatic heterocycles. The van der Waals surface area contributed by atoms with Crippen LogP contribution in [0.25, 0.3) is 0 Å². The Kier molecular flexibility index (Phi) is 3.67. The molecule has 1 N–H and O–H groups in total. The van der Waals surface area contributed by atoms with Crippen molar-refractivity contribution in [3.8, 4) is 5.75 Å². The first-order valence-electron chi connectivity index (χ1n) is 6.07. The first kappa shape index (κ1) is 12.0. The van der Waals surface area contributed by atoms with Gasteiger partial charge in [-0.15, -0.1) is 0 Å². The lowest BCUT2D eigenvalue weighted by molar-refractivity contribution is -0.142. The maximum Gasteiger partial charge on any atom is 0.306 e. The van der Waals surface area contributed by atoms with E-state index in [0.717, 1.165) is 31.4 Å². The molecule has 0 radical (unpaired) electrons. The van der Waals surface area contributed by atoms with Crippen LogP contribution in [0.4, 0.5) is 0 Å². The highest BCUT2D eigenvalue weighted by Gasteiger charge is 2.26. The minimum atomic E-state index is -0.641. The summed E-state index contributed by atoms with van der Waals surface area (Å²) < 4.78 is 5.13. The quantitative estimate of drug-likeness (QED) is 0.874. The van der Waals surface area contributed by atoms with E-state index in [-0.39, 0.29) is 5.92 Å². The molecule has 0 heterocycles. The molecule has 0 atom stereocenters. The molecule has 0 saturated heterocycles. The van der Waals surface area contributed by atoms with Crippen LogP contribution in [-0.2, 0) is 4.79 Å². The standard InChI is InChI=1S/C14H18O3/c1-17-13-8-6-11(7-9-13)10-2-4-12(5-3-10)14(15)16/h6-10,12H,2-5H2,1H3,(H,15,16). The molecule has 3 heteroatoms. The number of rotatable bonds is 3. The Morgan fingerprint density at radius 3 is 2.24 bits per heavy atom. The number of hydrogen-bond donors (Lipinski definition) is 1. The van der Waals surface area contributed by atoms with Crippen molar-refractivity contribution < 1.29 is 14.6 Å². The van der Waals surface area contributed by atoms with E-state index in [1.807, 2.05) is 12.1 Å². The SMILES string of the molecule is COc1ccc(C2CCC(C(=O)O)CC2)cc1. The van der Waals surface area contributed by atoms with Crippen molar-refractivity contribution in [3.63, 3.8) is 0 Å². The molecule has 1 aromatic rings. The second kappa shape index (κ2) is 5.21. The van der Waals surface area contributed by atoms with Gasteiger partial charge in [0.1, 0.15) is 5.75 Å². The summed E-state index contributed by atoms with van der Waals surface area (Å²) >= 11 is 0. The molecule has 0 unspecified atom stereocenters. The largest absolute Gasteiger partial charge is 0.497 e. The van der Waals surface area contributed by atoms with Gasteiger partial charge in [-0.1, -0.05) is 12.1 Å². The third-order valence-corrected chi connectivity index (χ3v) is 3.66. The highest BCUT2D eigenvalue weighted by atomic mass is 16.5. The Morgan fingerprint density at radius 2 is 1.76 bits per heavy atom. The monoisotopic (exact) mass is 234 g/mol. The summed E-state index contributed by atoms with van der Waals surface area (Å²) in [5, 5.41) is 8.95. The summed E-state index contributed by atoms with van der Waals surface area (Å²) in [5.41, 5.74) is 1.30. The third-order valence-electron chi connectivity index (χ3n) is 3.66. The fourth-order valence-corrected chi connectivity index (χ4v) is 2.55. The molecule has 2 rings (SSSR count). The molecular formula is C14H18O3. The van der Waals surface area contributed by atoms with E-state index in [9.17, 15) is 4.79 Å². The maximum absolute atomic E-state index is 10.9. The predicted octanol–water partition coefficient (Wildman–Crippen LogP) is 3.05. The molecule has 0 spiro atoms. The van der Waals surface area contributed by atoms with Crippen molar-refractivity contribution in [1.29, 1.82) is 0 Å². The molecule has 1 aliphatic rings. The van der Waals surface area contributed by atoms with Crippen LogP contribution in [0.1, 0.15) is 37.2 Å². The first-order valence-corrected chi connectivity index (χ1v) is 6.07. The van der Waals surface area contributed by atoms with Crippen LogP contribution >= 0.6 is 0 Å². The van der Waals surface area contributed by atoms with Crippen LogP contribution in [0, 0.1) is 5.92 Å². The zero-order valence-electron chi connectivity index (χ0n) is 10.1. The fourth-order valence-electron chi connectivity index (χ4n) is 2.55. The van der Waals surface area contributed by atoms with Crippen LogP contribution in [0.5, 0.6) is 5.75 Å². The minimum absolute atomic E-state index is 0.135. The van der Waals surface area contributed by atoms with Gasteiger partial charge in [0.05, 0.1) is 13.0 Å². The summed E-state index contributed by atoms with van der Waals surface area (Å²) in [5.74, 6) is 0.604. The highest BCUT2D eigenvalue weighted by molar-refractivity contribution is 5.70. The zero-order chi connectivity index (χ0) is 12.3. The molecule has 0 amide bonds. The lowest BCUT2D eigenvalue weighted by Gasteiger charge is -2.26. The summed E-state index contributed by atoms with van der Waals surface area (Å²) in [6.07, 6.45) is 3.55. The lowest BCUT2D eigenvalue weighted by atomic mass is 9.79. The van der Waals surface area contributed by atoms with Gasteiger partial charge < -0.3 is 9.84 Å². The van der Waals surface area contributed by atoms with Gasteiger partial charge in [-0.05, 0) is 49.3 Å². The van der Waals surface area contributed by atoms with E-state index in [0.29, 0.717) is 5.92 Å². The summed E-state index contributed by atoms with van der Waals surface area (Å²) in [4.78, 5) is 10.9. The number of methoxy groups -OCH3 is 1. The van der Waals surface area contributed by atoms with Crippen LogP contribution in [0.15, 0.2) is 24.3 Å². The van der Waals surface area contributed by atoms with E-state index < -0.39 is 5.97 Å². The molecular weight excluding hydrogens is 216 g/mol. The summed E-state index contributed by atoms with van der Waals surface area (Å²) in [7, 11) is 1.66. The third kappa shape index (κ3) is 2.78. The minimum Gasteiger partial charge on any atom is -0.497 e. The van der Waals surface area contributed by atoms with E-state index in [4.69, 9.17) is 9.84 Å². The molecule has 17 heavy (non-hydrogen) atoms. The summed E-state index contributed by atoms with van der Waals surface area (Å²) in [6.45, 7) is 0. The second-order valence-corrected chi connectivity index (χ2v) is 4.66. The topological polar surface area (TPSA) is 46.5 Å². The number of benzene rings is 1. The normalized spacial score (nSPS) is 24.3. The fraction of sp³-hybridized carbons (Fsp3) is 0.500. The van der Waals surface area contributed by atoms with Crippen molar-refractivity contribution in [2.24, 2.45) is 5.92 Å². The second-order valence-electron chi connectivity index (χ2n) is 4.66. The van der Waals surface area contributed by atoms with Crippen molar-refractivity contribution in [1.82, 2.24) is 0 Å². The molecule has 0 bridgehead atoms. The van der Waals surface area contributed by atoms with Gasteiger partial charge >= 0.3 is 5.97 Å². The Hall–Kier alpha value is -1.51. The molecule has 1 fully saturated rings. The number of ether oxygens (including phenoxy) is 1. The van der Waals surface area contributed by atoms with E-state index in [1.165, 1.54) is 5.56 Å². The van der Waals surface area contributed by atoms with Crippen LogP contribution in [0.2, 0.25) is 0 Å². The number of hydrogen-bond acceptors (Lipinski definition) is 2. The van der Waals surface area contributed by atoms with Crippen LogP contribution < -0.4 is 4.74 Å². The van der Waals surface area contributed by atoms with Gasteiger partial charge in [0.2, 0.25) is 0 Å². The average molecular weight is 234 g/mol. The molecule has 1 saturated carbocycles. The van der Waals surface area contributed by atoms with E-state index in [1.54, 1.807) is 7.11 Å². The van der Waals surface area contributed by atoms with Crippen LogP contribution in [0.3, 0.4) is 0 Å². The van der Waals surface area contributed by atoms with Gasteiger partial charge in [0, 0.05) is 0 Å². The maximum atomic E-state index is 10.9. The highest BCUT2D eigenvalue weighted by Crippen LogP contribution is 2.36. The van der Waals surface area contributed by atoms with Gasteiger partial charge in [0.15, 0.2) is 0 Å². The Bertz CT molecular complexity index is 375.